The molecule has 1 aromatic rings. The lowest BCUT2D eigenvalue weighted by atomic mass is 10.2. The second kappa shape index (κ2) is 7.87. The predicted molar refractivity (Wildman–Crippen MR) is 86.1 cm³/mol. The molecule has 1 heterocycles. The molecular weight excluding hydrogens is 290 g/mol. The highest BCUT2D eigenvalue weighted by molar-refractivity contribution is 7.19. The number of anilines is 2. The van der Waals surface area contributed by atoms with Crippen LogP contribution in [0.4, 0.5) is 10.7 Å². The van der Waals surface area contributed by atoms with Gasteiger partial charge in [0.05, 0.1) is 12.3 Å². The average Bonchev–Trinajstić information content (AvgIpc) is 2.72. The topological polar surface area (TPSA) is 93.5 Å². The number of carbonyl (C=O) groups excluding carboxylic acids is 2. The highest BCUT2D eigenvalue weighted by Crippen LogP contribution is 2.36. The molecule has 7 heteroatoms. The monoisotopic (exact) mass is 313 g/mol. The molecule has 0 fully saturated rings. The van der Waals surface area contributed by atoms with Crippen molar-refractivity contribution in [3.05, 3.63) is 10.4 Å². The van der Waals surface area contributed by atoms with Gasteiger partial charge in [-0.2, -0.15) is 0 Å². The molecule has 1 aromatic heterocycles. The molecule has 0 unspecified atom stereocenters. The van der Waals surface area contributed by atoms with Crippen molar-refractivity contribution in [2.45, 2.75) is 40.2 Å². The largest absolute Gasteiger partial charge is 0.462 e. The van der Waals surface area contributed by atoms with Gasteiger partial charge in [0.2, 0.25) is 0 Å². The van der Waals surface area contributed by atoms with E-state index in [1.165, 1.54) is 11.3 Å². The fraction of sp³-hybridized carbons (Fsp3) is 0.571. The van der Waals surface area contributed by atoms with Crippen LogP contribution in [-0.2, 0) is 4.74 Å². The summed E-state index contributed by atoms with van der Waals surface area (Å²) in [5, 5.41) is 6.48. The van der Waals surface area contributed by atoms with Crippen LogP contribution in [-0.4, -0.2) is 31.1 Å². The molecule has 4 N–H and O–H groups in total. The van der Waals surface area contributed by atoms with Gasteiger partial charge in [0.1, 0.15) is 15.4 Å². The molecular formula is C14H23N3O3S. The summed E-state index contributed by atoms with van der Waals surface area (Å²) >= 11 is 1.18. The summed E-state index contributed by atoms with van der Waals surface area (Å²) in [6, 6.07) is 0.114. The fourth-order valence-corrected chi connectivity index (χ4v) is 2.87. The highest BCUT2D eigenvalue weighted by Gasteiger charge is 2.26. The highest BCUT2D eigenvalue weighted by atomic mass is 32.1. The lowest BCUT2D eigenvalue weighted by molar-refractivity contribution is 0.0529. The van der Waals surface area contributed by atoms with E-state index in [4.69, 9.17) is 10.5 Å². The summed E-state index contributed by atoms with van der Waals surface area (Å²) in [5.41, 5.74) is 6.42. The number of carbonyl (C=O) groups is 2. The average molecular weight is 313 g/mol. The second-order valence-corrected chi connectivity index (χ2v) is 5.85. The molecule has 6 nitrogen and oxygen atoms in total. The molecule has 0 radical (unpaired) electrons. The lowest BCUT2D eigenvalue weighted by Crippen LogP contribution is -2.24. The van der Waals surface area contributed by atoms with E-state index in [-0.39, 0.29) is 29.8 Å². The van der Waals surface area contributed by atoms with Gasteiger partial charge in [0, 0.05) is 12.6 Å². The zero-order chi connectivity index (χ0) is 16.0. The molecule has 0 aliphatic carbocycles. The van der Waals surface area contributed by atoms with Crippen LogP contribution in [0.15, 0.2) is 0 Å². The third-order valence-electron chi connectivity index (χ3n) is 2.59. The number of hydrogen-bond donors (Lipinski definition) is 3. The first-order valence-electron chi connectivity index (χ1n) is 7.06. The van der Waals surface area contributed by atoms with Crippen LogP contribution in [0.2, 0.25) is 0 Å². The first-order valence-corrected chi connectivity index (χ1v) is 7.88. The fourth-order valence-electron chi connectivity index (χ4n) is 1.70. The van der Waals surface area contributed by atoms with Crippen molar-refractivity contribution in [3.63, 3.8) is 0 Å². The van der Waals surface area contributed by atoms with Crippen LogP contribution in [0.25, 0.3) is 0 Å². The van der Waals surface area contributed by atoms with Crippen molar-refractivity contribution < 1.29 is 14.3 Å². The van der Waals surface area contributed by atoms with Crippen LogP contribution < -0.4 is 16.4 Å². The number of rotatable bonds is 7. The van der Waals surface area contributed by atoms with E-state index in [2.05, 4.69) is 10.6 Å². The van der Waals surface area contributed by atoms with Crippen molar-refractivity contribution in [1.82, 2.24) is 5.32 Å². The van der Waals surface area contributed by atoms with Crippen LogP contribution in [0.1, 0.15) is 54.1 Å². The Bertz CT molecular complexity index is 512. The summed E-state index contributed by atoms with van der Waals surface area (Å²) in [5.74, 6) is -0.773. The molecule has 0 saturated heterocycles. The van der Waals surface area contributed by atoms with Gasteiger partial charge >= 0.3 is 5.97 Å². The maximum atomic E-state index is 12.1. The molecule has 0 spiro atoms. The SMILES string of the molecule is CCCNC(=O)c1sc(NC(C)C)c(C(=O)OCC)c1N. The van der Waals surface area contributed by atoms with E-state index in [1.807, 2.05) is 20.8 Å². The van der Waals surface area contributed by atoms with E-state index in [1.54, 1.807) is 6.92 Å². The Morgan fingerprint density at radius 3 is 2.52 bits per heavy atom. The quantitative estimate of drug-likeness (QED) is 0.672. The maximum absolute atomic E-state index is 12.1. The number of hydrogen-bond acceptors (Lipinski definition) is 6. The Morgan fingerprint density at radius 2 is 2.00 bits per heavy atom. The predicted octanol–water partition coefficient (Wildman–Crippen LogP) is 2.47. The molecule has 21 heavy (non-hydrogen) atoms. The number of thiophene rings is 1. The van der Waals surface area contributed by atoms with E-state index in [9.17, 15) is 9.59 Å². The van der Waals surface area contributed by atoms with Crippen LogP contribution >= 0.6 is 11.3 Å². The summed E-state index contributed by atoms with van der Waals surface area (Å²) in [6.45, 7) is 8.41. The second-order valence-electron chi connectivity index (χ2n) is 4.82. The van der Waals surface area contributed by atoms with Crippen LogP contribution in [0.3, 0.4) is 0 Å². The van der Waals surface area contributed by atoms with E-state index in [0.29, 0.717) is 16.4 Å². The Hall–Kier alpha value is -1.76. The standard InChI is InChI=1S/C14H23N3O3S/c1-5-7-16-12(18)11-10(15)9(14(19)20-6-2)13(21-11)17-8(3)4/h8,17H,5-7,15H2,1-4H3,(H,16,18). The minimum absolute atomic E-state index is 0.114. The van der Waals surface area contributed by atoms with Crippen LogP contribution in [0.5, 0.6) is 0 Å². The number of esters is 1. The van der Waals surface area contributed by atoms with E-state index in [0.717, 1.165) is 6.42 Å². The number of nitrogens with two attached hydrogens (primary N) is 1. The van der Waals surface area contributed by atoms with Gasteiger partial charge in [-0.15, -0.1) is 11.3 Å². The normalized spacial score (nSPS) is 10.5. The third kappa shape index (κ3) is 4.35. The maximum Gasteiger partial charge on any atom is 0.343 e. The molecule has 1 amide bonds. The Labute approximate surface area is 129 Å². The van der Waals surface area contributed by atoms with Crippen molar-refractivity contribution in [3.8, 4) is 0 Å². The summed E-state index contributed by atoms with van der Waals surface area (Å²) in [7, 11) is 0. The Morgan fingerprint density at radius 1 is 1.33 bits per heavy atom. The minimum Gasteiger partial charge on any atom is -0.462 e. The van der Waals surface area contributed by atoms with Crippen molar-refractivity contribution in [1.29, 1.82) is 0 Å². The van der Waals surface area contributed by atoms with Gasteiger partial charge in [-0.05, 0) is 27.2 Å². The molecule has 118 valence electrons. The van der Waals surface area contributed by atoms with Crippen molar-refractivity contribution in [2.24, 2.45) is 0 Å². The van der Waals surface area contributed by atoms with Gasteiger partial charge in [0.15, 0.2) is 0 Å². The number of amides is 1. The number of nitrogen functional groups attached to an aromatic ring is 1. The minimum atomic E-state index is -0.510. The Kier molecular flexibility index (Phi) is 6.48. The van der Waals surface area contributed by atoms with Gasteiger partial charge in [0.25, 0.3) is 5.91 Å². The summed E-state index contributed by atoms with van der Waals surface area (Å²) in [6.07, 6.45) is 0.832. The number of nitrogens with one attached hydrogen (secondary N) is 2. The Balaban J connectivity index is 3.17. The number of ether oxygens (including phenoxy) is 1. The zero-order valence-electron chi connectivity index (χ0n) is 12.9. The van der Waals surface area contributed by atoms with Gasteiger partial charge < -0.3 is 21.1 Å². The molecule has 1 rings (SSSR count). The first kappa shape index (κ1) is 17.3. The molecule has 0 bridgehead atoms. The van der Waals surface area contributed by atoms with E-state index < -0.39 is 5.97 Å². The van der Waals surface area contributed by atoms with Crippen molar-refractivity contribution in [2.75, 3.05) is 24.2 Å². The summed E-state index contributed by atoms with van der Waals surface area (Å²) < 4.78 is 5.02. The third-order valence-corrected chi connectivity index (χ3v) is 3.72. The van der Waals surface area contributed by atoms with Gasteiger partial charge in [-0.1, -0.05) is 6.92 Å². The first-order chi connectivity index (χ1) is 9.92. The van der Waals surface area contributed by atoms with Crippen molar-refractivity contribution >= 4 is 33.9 Å². The molecule has 0 atom stereocenters. The molecule has 0 aliphatic heterocycles. The smallest absolute Gasteiger partial charge is 0.343 e. The molecule has 0 saturated carbocycles. The molecule has 0 aromatic carbocycles. The van der Waals surface area contributed by atoms with Gasteiger partial charge in [-0.25, -0.2) is 4.79 Å². The van der Waals surface area contributed by atoms with Crippen LogP contribution in [0, 0.1) is 0 Å². The zero-order valence-corrected chi connectivity index (χ0v) is 13.7. The van der Waals surface area contributed by atoms with E-state index >= 15 is 0 Å². The van der Waals surface area contributed by atoms with Gasteiger partial charge in [-0.3, -0.25) is 4.79 Å². The lowest BCUT2D eigenvalue weighted by Gasteiger charge is -2.10. The molecule has 0 aliphatic rings. The summed E-state index contributed by atoms with van der Waals surface area (Å²) in [4.78, 5) is 24.5.